The van der Waals surface area contributed by atoms with Crippen LogP contribution in [-0.2, 0) is 4.79 Å². The molecule has 1 heterocycles. The standard InChI is InChI=1S/C24H28N2O3/c1-29-21-11-9-18(10-12-21)22(27)17-25-13-15-26(16-14-25)24(28)23(20-7-8-20)19-5-3-2-4-6-19/h2-6,9-12,20,23H,7-8,13-17H2,1H3. The van der Waals surface area contributed by atoms with E-state index in [-0.39, 0.29) is 17.6 Å². The van der Waals surface area contributed by atoms with Gasteiger partial charge in [-0.05, 0) is 48.6 Å². The lowest BCUT2D eigenvalue weighted by molar-refractivity contribution is -0.135. The Kier molecular flexibility index (Phi) is 5.95. The lowest BCUT2D eigenvalue weighted by atomic mass is 9.92. The highest BCUT2D eigenvalue weighted by atomic mass is 16.5. The summed E-state index contributed by atoms with van der Waals surface area (Å²) in [6.45, 7) is 3.23. The SMILES string of the molecule is COc1ccc(C(=O)CN2CCN(C(=O)C(c3ccccc3)C3CC3)CC2)cc1. The van der Waals surface area contributed by atoms with Crippen LogP contribution in [0, 0.1) is 5.92 Å². The van der Waals surface area contributed by atoms with Crippen molar-refractivity contribution in [1.82, 2.24) is 9.80 Å². The van der Waals surface area contributed by atoms with Crippen LogP contribution in [0.2, 0.25) is 0 Å². The van der Waals surface area contributed by atoms with E-state index in [9.17, 15) is 9.59 Å². The van der Waals surface area contributed by atoms with E-state index in [2.05, 4.69) is 17.0 Å². The highest BCUT2D eigenvalue weighted by molar-refractivity contribution is 5.97. The highest BCUT2D eigenvalue weighted by Crippen LogP contribution is 2.43. The molecule has 5 heteroatoms. The average Bonchev–Trinajstić information content (AvgIpc) is 3.60. The van der Waals surface area contributed by atoms with Gasteiger partial charge in [0.05, 0.1) is 19.6 Å². The van der Waals surface area contributed by atoms with Crippen molar-refractivity contribution in [3.8, 4) is 5.75 Å². The second-order valence-corrected chi connectivity index (χ2v) is 7.98. The van der Waals surface area contributed by atoms with Crippen LogP contribution >= 0.6 is 0 Å². The fourth-order valence-corrected chi connectivity index (χ4v) is 4.10. The Bertz CT molecular complexity index is 838. The van der Waals surface area contributed by atoms with Crippen molar-refractivity contribution < 1.29 is 14.3 Å². The van der Waals surface area contributed by atoms with Crippen LogP contribution in [-0.4, -0.2) is 61.3 Å². The summed E-state index contributed by atoms with van der Waals surface area (Å²) in [5, 5.41) is 0. The highest BCUT2D eigenvalue weighted by Gasteiger charge is 2.39. The van der Waals surface area contributed by atoms with Crippen LogP contribution in [0.1, 0.15) is 34.7 Å². The molecule has 0 aromatic heterocycles. The molecule has 152 valence electrons. The number of amides is 1. The van der Waals surface area contributed by atoms with E-state index in [1.165, 1.54) is 0 Å². The number of rotatable bonds is 7. The largest absolute Gasteiger partial charge is 0.497 e. The summed E-state index contributed by atoms with van der Waals surface area (Å²) in [5.74, 6) is 1.58. The lowest BCUT2D eigenvalue weighted by Crippen LogP contribution is -2.51. The first-order chi connectivity index (χ1) is 14.2. The molecule has 1 unspecified atom stereocenters. The summed E-state index contributed by atoms with van der Waals surface area (Å²) in [6.07, 6.45) is 2.28. The third-order valence-electron chi connectivity index (χ3n) is 5.98. The van der Waals surface area contributed by atoms with E-state index in [0.717, 1.165) is 37.2 Å². The predicted octanol–water partition coefficient (Wildman–Crippen LogP) is 3.22. The van der Waals surface area contributed by atoms with Crippen molar-refractivity contribution in [2.45, 2.75) is 18.8 Å². The zero-order valence-electron chi connectivity index (χ0n) is 16.9. The van der Waals surface area contributed by atoms with E-state index in [1.807, 2.05) is 35.2 Å². The van der Waals surface area contributed by atoms with Gasteiger partial charge in [0.15, 0.2) is 5.78 Å². The molecule has 2 aromatic rings. The van der Waals surface area contributed by atoms with Gasteiger partial charge in [-0.2, -0.15) is 0 Å². The number of nitrogens with zero attached hydrogens (tertiary/aromatic N) is 2. The molecule has 0 radical (unpaired) electrons. The van der Waals surface area contributed by atoms with Crippen molar-refractivity contribution in [2.24, 2.45) is 5.92 Å². The number of piperazine rings is 1. The number of hydrogen-bond donors (Lipinski definition) is 0. The van der Waals surface area contributed by atoms with Gasteiger partial charge in [0.25, 0.3) is 0 Å². The summed E-state index contributed by atoms with van der Waals surface area (Å²) >= 11 is 0. The van der Waals surface area contributed by atoms with Crippen molar-refractivity contribution in [3.05, 3.63) is 65.7 Å². The van der Waals surface area contributed by atoms with Crippen LogP contribution in [0.4, 0.5) is 0 Å². The Morgan fingerprint density at radius 1 is 0.966 bits per heavy atom. The minimum Gasteiger partial charge on any atom is -0.497 e. The van der Waals surface area contributed by atoms with Gasteiger partial charge in [-0.1, -0.05) is 30.3 Å². The molecule has 2 fully saturated rings. The Labute approximate surface area is 172 Å². The minimum absolute atomic E-state index is 0.0105. The van der Waals surface area contributed by atoms with Crippen LogP contribution in [0.3, 0.4) is 0 Å². The molecule has 1 aliphatic carbocycles. The predicted molar refractivity (Wildman–Crippen MR) is 112 cm³/mol. The molecule has 2 aromatic carbocycles. The van der Waals surface area contributed by atoms with Crippen LogP contribution in [0.15, 0.2) is 54.6 Å². The number of carbonyl (C=O) groups is 2. The monoisotopic (exact) mass is 392 g/mol. The number of Topliss-reactive ketones (excluding diaryl/α,β-unsaturated/α-hetero) is 1. The fraction of sp³-hybridized carbons (Fsp3) is 0.417. The van der Waals surface area contributed by atoms with Crippen LogP contribution in [0.25, 0.3) is 0 Å². The third kappa shape index (κ3) is 4.67. The number of hydrogen-bond acceptors (Lipinski definition) is 4. The normalized spacial score (nSPS) is 18.3. The zero-order valence-corrected chi connectivity index (χ0v) is 16.9. The maximum absolute atomic E-state index is 13.2. The summed E-state index contributed by atoms with van der Waals surface area (Å²) in [4.78, 5) is 29.9. The third-order valence-corrected chi connectivity index (χ3v) is 5.98. The number of carbonyl (C=O) groups excluding carboxylic acids is 2. The Hall–Kier alpha value is -2.66. The van der Waals surface area contributed by atoms with Gasteiger partial charge in [-0.25, -0.2) is 0 Å². The number of ketones is 1. The topological polar surface area (TPSA) is 49.9 Å². The lowest BCUT2D eigenvalue weighted by Gasteiger charge is -2.36. The van der Waals surface area contributed by atoms with E-state index in [1.54, 1.807) is 19.2 Å². The van der Waals surface area contributed by atoms with E-state index < -0.39 is 0 Å². The molecule has 4 rings (SSSR count). The molecule has 1 amide bonds. The average molecular weight is 392 g/mol. The summed E-state index contributed by atoms with van der Waals surface area (Å²) in [6, 6.07) is 17.4. The first kappa shape index (κ1) is 19.6. The van der Waals surface area contributed by atoms with Gasteiger partial charge in [0.1, 0.15) is 5.75 Å². The van der Waals surface area contributed by atoms with Gasteiger partial charge in [0, 0.05) is 31.7 Å². The quantitative estimate of drug-likeness (QED) is 0.679. The second kappa shape index (κ2) is 8.78. The van der Waals surface area contributed by atoms with Crippen LogP contribution < -0.4 is 4.74 Å². The summed E-state index contributed by atoms with van der Waals surface area (Å²) in [5.41, 5.74) is 1.83. The first-order valence-electron chi connectivity index (χ1n) is 10.4. The Balaban J connectivity index is 1.32. The zero-order chi connectivity index (χ0) is 20.2. The molecule has 0 spiro atoms. The first-order valence-corrected chi connectivity index (χ1v) is 10.4. The maximum Gasteiger partial charge on any atom is 0.230 e. The molecule has 1 atom stereocenters. The van der Waals surface area contributed by atoms with Gasteiger partial charge >= 0.3 is 0 Å². The van der Waals surface area contributed by atoms with Gasteiger partial charge in [0.2, 0.25) is 5.91 Å². The summed E-state index contributed by atoms with van der Waals surface area (Å²) < 4.78 is 5.15. The van der Waals surface area contributed by atoms with E-state index >= 15 is 0 Å². The fourth-order valence-electron chi connectivity index (χ4n) is 4.10. The molecule has 5 nitrogen and oxygen atoms in total. The smallest absolute Gasteiger partial charge is 0.230 e. The Morgan fingerprint density at radius 3 is 2.21 bits per heavy atom. The molecular weight excluding hydrogens is 364 g/mol. The number of ether oxygens (including phenoxy) is 1. The van der Waals surface area contributed by atoms with Crippen molar-refractivity contribution >= 4 is 11.7 Å². The van der Waals surface area contributed by atoms with Gasteiger partial charge in [-0.3, -0.25) is 14.5 Å². The molecule has 1 saturated heterocycles. The van der Waals surface area contributed by atoms with Crippen molar-refractivity contribution in [3.63, 3.8) is 0 Å². The molecule has 0 bridgehead atoms. The minimum atomic E-state index is -0.0105. The van der Waals surface area contributed by atoms with Gasteiger partial charge < -0.3 is 9.64 Å². The number of methoxy groups -OCH3 is 1. The van der Waals surface area contributed by atoms with Crippen LogP contribution in [0.5, 0.6) is 5.75 Å². The van der Waals surface area contributed by atoms with Crippen molar-refractivity contribution in [1.29, 1.82) is 0 Å². The molecule has 2 aliphatic rings. The second-order valence-electron chi connectivity index (χ2n) is 7.98. The molecule has 0 N–H and O–H groups in total. The van der Waals surface area contributed by atoms with Gasteiger partial charge in [-0.15, -0.1) is 0 Å². The maximum atomic E-state index is 13.2. The molecule has 1 saturated carbocycles. The molecule has 29 heavy (non-hydrogen) atoms. The molecular formula is C24H28N2O3. The van der Waals surface area contributed by atoms with E-state index in [4.69, 9.17) is 4.74 Å². The Morgan fingerprint density at radius 2 is 1.62 bits per heavy atom. The van der Waals surface area contributed by atoms with Crippen molar-refractivity contribution in [2.75, 3.05) is 39.8 Å². The van der Waals surface area contributed by atoms with E-state index in [0.29, 0.717) is 31.1 Å². The summed E-state index contributed by atoms with van der Waals surface area (Å²) in [7, 11) is 1.61. The number of benzene rings is 2. The molecule has 1 aliphatic heterocycles.